The molecule has 16 heavy (non-hydrogen) atoms. The van der Waals surface area contributed by atoms with Crippen LogP contribution in [0.15, 0.2) is 12.1 Å². The fraction of sp³-hybridized carbons (Fsp3) is 0.462. The first-order chi connectivity index (χ1) is 7.56. The molecule has 2 N–H and O–H groups in total. The maximum absolute atomic E-state index is 11.8. The van der Waals surface area contributed by atoms with Crippen molar-refractivity contribution in [3.63, 3.8) is 0 Å². The number of benzene rings is 1. The van der Waals surface area contributed by atoms with Gasteiger partial charge in [-0.3, -0.25) is 4.79 Å². The van der Waals surface area contributed by atoms with E-state index in [1.54, 1.807) is 6.92 Å². The number of hydrogen-bond acceptors (Lipinski definition) is 3. The van der Waals surface area contributed by atoms with E-state index in [9.17, 15) is 15.0 Å². The van der Waals surface area contributed by atoms with Crippen LogP contribution in [-0.2, 0) is 0 Å². The second-order valence-electron chi connectivity index (χ2n) is 4.04. The predicted molar refractivity (Wildman–Crippen MR) is 63.0 cm³/mol. The van der Waals surface area contributed by atoms with E-state index in [1.165, 1.54) is 12.1 Å². The van der Waals surface area contributed by atoms with Crippen LogP contribution in [-0.4, -0.2) is 16.0 Å². The van der Waals surface area contributed by atoms with Gasteiger partial charge in [0, 0.05) is 12.0 Å². The number of phenols is 2. The highest BCUT2D eigenvalue weighted by molar-refractivity contribution is 5.98. The van der Waals surface area contributed by atoms with Gasteiger partial charge in [-0.2, -0.15) is 0 Å². The minimum atomic E-state index is -0.232. The van der Waals surface area contributed by atoms with Crippen LogP contribution in [0.2, 0.25) is 0 Å². The maximum Gasteiger partial charge on any atom is 0.163 e. The summed E-state index contributed by atoms with van der Waals surface area (Å²) in [5.41, 5.74) is 1.21. The number of carbonyl (C=O) groups is 1. The van der Waals surface area contributed by atoms with E-state index >= 15 is 0 Å². The number of aromatic hydroxyl groups is 2. The van der Waals surface area contributed by atoms with Crippen molar-refractivity contribution >= 4 is 5.78 Å². The van der Waals surface area contributed by atoms with Crippen LogP contribution in [0.5, 0.6) is 11.5 Å². The summed E-state index contributed by atoms with van der Waals surface area (Å²) in [5, 5.41) is 18.6. The van der Waals surface area contributed by atoms with Gasteiger partial charge in [-0.05, 0) is 31.0 Å². The summed E-state index contributed by atoms with van der Waals surface area (Å²) in [5.74, 6) is -0.381. The normalized spacial score (nSPS) is 10.4. The van der Waals surface area contributed by atoms with Gasteiger partial charge in [-0.15, -0.1) is 0 Å². The molecule has 0 bridgehead atoms. The molecule has 0 atom stereocenters. The van der Waals surface area contributed by atoms with Gasteiger partial charge < -0.3 is 10.2 Å². The number of rotatable bonds is 5. The molecule has 0 heterocycles. The zero-order valence-electron chi connectivity index (χ0n) is 9.79. The predicted octanol–water partition coefficient (Wildman–Crippen LogP) is 3.17. The lowest BCUT2D eigenvalue weighted by molar-refractivity contribution is 0.0978. The Labute approximate surface area is 95.7 Å². The van der Waals surface area contributed by atoms with Crippen molar-refractivity contribution < 1.29 is 15.0 Å². The third-order valence-electron chi connectivity index (χ3n) is 2.63. The largest absolute Gasteiger partial charge is 0.504 e. The quantitative estimate of drug-likeness (QED) is 0.457. The van der Waals surface area contributed by atoms with E-state index in [0.717, 1.165) is 19.3 Å². The molecule has 0 saturated heterocycles. The summed E-state index contributed by atoms with van der Waals surface area (Å²) >= 11 is 0. The number of aryl methyl sites for hydroxylation is 1. The highest BCUT2D eigenvalue weighted by atomic mass is 16.3. The van der Waals surface area contributed by atoms with E-state index in [4.69, 9.17) is 0 Å². The fourth-order valence-corrected chi connectivity index (χ4v) is 1.65. The topological polar surface area (TPSA) is 57.5 Å². The van der Waals surface area contributed by atoms with Crippen molar-refractivity contribution in [3.8, 4) is 11.5 Å². The minimum absolute atomic E-state index is 0.0289. The van der Waals surface area contributed by atoms with Crippen molar-refractivity contribution in [2.75, 3.05) is 0 Å². The van der Waals surface area contributed by atoms with Crippen LogP contribution in [0, 0.1) is 6.92 Å². The fourth-order valence-electron chi connectivity index (χ4n) is 1.65. The highest BCUT2D eigenvalue weighted by Gasteiger charge is 2.12. The van der Waals surface area contributed by atoms with Crippen LogP contribution >= 0.6 is 0 Å². The molecule has 88 valence electrons. The third kappa shape index (κ3) is 2.99. The van der Waals surface area contributed by atoms with Gasteiger partial charge in [0.25, 0.3) is 0 Å². The standard InChI is InChI=1S/C13H18O3/c1-3-4-5-6-11(14)10-8-13(16)12(15)7-9(10)2/h7-8,15-16H,3-6H2,1-2H3. The number of ketones is 1. The Morgan fingerprint density at radius 1 is 1.19 bits per heavy atom. The third-order valence-corrected chi connectivity index (χ3v) is 2.63. The van der Waals surface area contributed by atoms with Crippen LogP contribution in [0.3, 0.4) is 0 Å². The van der Waals surface area contributed by atoms with Crippen LogP contribution in [0.4, 0.5) is 0 Å². The van der Waals surface area contributed by atoms with Crippen molar-refractivity contribution in [1.29, 1.82) is 0 Å². The molecule has 1 aromatic carbocycles. The maximum atomic E-state index is 11.8. The number of unbranched alkanes of at least 4 members (excludes halogenated alkanes) is 2. The van der Waals surface area contributed by atoms with Crippen molar-refractivity contribution in [1.82, 2.24) is 0 Å². The molecular formula is C13H18O3. The number of hydrogen-bond donors (Lipinski definition) is 2. The summed E-state index contributed by atoms with van der Waals surface area (Å²) in [6.07, 6.45) is 3.48. The number of carbonyl (C=O) groups excluding carboxylic acids is 1. The summed E-state index contributed by atoms with van der Waals surface area (Å²) in [7, 11) is 0. The second kappa shape index (κ2) is 5.54. The molecule has 1 rings (SSSR count). The summed E-state index contributed by atoms with van der Waals surface area (Å²) in [4.78, 5) is 11.8. The van der Waals surface area contributed by atoms with E-state index < -0.39 is 0 Å². The van der Waals surface area contributed by atoms with Crippen molar-refractivity contribution in [2.45, 2.75) is 39.5 Å². The highest BCUT2D eigenvalue weighted by Crippen LogP contribution is 2.28. The van der Waals surface area contributed by atoms with Gasteiger partial charge in [-0.25, -0.2) is 0 Å². The SMILES string of the molecule is CCCCCC(=O)c1cc(O)c(O)cc1C. The van der Waals surface area contributed by atoms with E-state index in [2.05, 4.69) is 6.92 Å². The molecule has 1 aromatic rings. The molecular weight excluding hydrogens is 204 g/mol. The smallest absolute Gasteiger partial charge is 0.163 e. The Bertz CT molecular complexity index is 383. The average Bonchev–Trinajstić information content (AvgIpc) is 2.23. The first-order valence-electron chi connectivity index (χ1n) is 5.62. The second-order valence-corrected chi connectivity index (χ2v) is 4.04. The first-order valence-corrected chi connectivity index (χ1v) is 5.62. The molecule has 0 saturated carbocycles. The zero-order chi connectivity index (χ0) is 12.1. The molecule has 0 aromatic heterocycles. The summed E-state index contributed by atoms with van der Waals surface area (Å²) < 4.78 is 0. The molecule has 0 amide bonds. The van der Waals surface area contributed by atoms with Gasteiger partial charge in [0.2, 0.25) is 0 Å². The number of Topliss-reactive ketones (excluding diaryl/α,β-unsaturated/α-hetero) is 1. The lowest BCUT2D eigenvalue weighted by Crippen LogP contribution is -2.01. The monoisotopic (exact) mass is 222 g/mol. The minimum Gasteiger partial charge on any atom is -0.504 e. The Hall–Kier alpha value is -1.51. The molecule has 0 aliphatic carbocycles. The summed E-state index contributed by atoms with van der Waals surface area (Å²) in [6.45, 7) is 3.84. The Morgan fingerprint density at radius 3 is 2.44 bits per heavy atom. The van der Waals surface area contributed by atoms with E-state index in [0.29, 0.717) is 17.5 Å². The molecule has 3 heteroatoms. The Kier molecular flexibility index (Phi) is 4.35. The molecule has 0 spiro atoms. The molecule has 0 fully saturated rings. The Morgan fingerprint density at radius 2 is 1.81 bits per heavy atom. The first kappa shape index (κ1) is 12.6. The lowest BCUT2D eigenvalue weighted by atomic mass is 10.00. The van der Waals surface area contributed by atoms with E-state index in [1.807, 2.05) is 0 Å². The molecule has 0 radical (unpaired) electrons. The molecule has 0 aliphatic rings. The average molecular weight is 222 g/mol. The van der Waals surface area contributed by atoms with Crippen LogP contribution in [0.25, 0.3) is 0 Å². The van der Waals surface area contributed by atoms with Gasteiger partial charge in [0.15, 0.2) is 17.3 Å². The zero-order valence-corrected chi connectivity index (χ0v) is 9.79. The lowest BCUT2D eigenvalue weighted by Gasteiger charge is -2.07. The number of phenolic OH excluding ortho intramolecular Hbond substituents is 2. The van der Waals surface area contributed by atoms with Gasteiger partial charge in [0.1, 0.15) is 0 Å². The summed E-state index contributed by atoms with van der Waals surface area (Å²) in [6, 6.07) is 2.77. The molecule has 0 aliphatic heterocycles. The Balaban J connectivity index is 2.79. The van der Waals surface area contributed by atoms with Crippen LogP contribution < -0.4 is 0 Å². The van der Waals surface area contributed by atoms with Gasteiger partial charge >= 0.3 is 0 Å². The molecule has 3 nitrogen and oxygen atoms in total. The van der Waals surface area contributed by atoms with Crippen molar-refractivity contribution in [3.05, 3.63) is 23.3 Å². The van der Waals surface area contributed by atoms with Crippen LogP contribution in [0.1, 0.15) is 48.5 Å². The van der Waals surface area contributed by atoms with Gasteiger partial charge in [0.05, 0.1) is 0 Å². The van der Waals surface area contributed by atoms with Crippen molar-refractivity contribution in [2.24, 2.45) is 0 Å². The van der Waals surface area contributed by atoms with Gasteiger partial charge in [-0.1, -0.05) is 19.8 Å². The van der Waals surface area contributed by atoms with E-state index in [-0.39, 0.29) is 17.3 Å². The molecule has 0 unspecified atom stereocenters.